The number of nitrogens with zero attached hydrogens (tertiary/aromatic N) is 3. The number of aryl methyl sites for hydroxylation is 1. The molecule has 0 radical (unpaired) electrons. The van der Waals surface area contributed by atoms with E-state index in [4.69, 9.17) is 4.98 Å². The molecule has 2 N–H and O–H groups in total. The van der Waals surface area contributed by atoms with Gasteiger partial charge in [0.25, 0.3) is 0 Å². The summed E-state index contributed by atoms with van der Waals surface area (Å²) < 4.78 is 0. The minimum atomic E-state index is 0.852. The molecule has 0 amide bonds. The van der Waals surface area contributed by atoms with Crippen molar-refractivity contribution in [2.75, 3.05) is 29.9 Å². The minimum absolute atomic E-state index is 0.852. The molecule has 0 aromatic carbocycles. The second-order valence-corrected chi connectivity index (χ2v) is 5.21. The Balaban J connectivity index is 2.03. The first-order chi connectivity index (χ1) is 9.28. The van der Waals surface area contributed by atoms with Crippen molar-refractivity contribution in [2.24, 2.45) is 0 Å². The van der Waals surface area contributed by atoms with Crippen molar-refractivity contribution >= 4 is 22.8 Å². The SMILES string of the molecule is CCCNc1nc(N2CCCC2)nc2[nH]c(C)cc12. The highest BCUT2D eigenvalue weighted by Crippen LogP contribution is 2.25. The van der Waals surface area contributed by atoms with Gasteiger partial charge >= 0.3 is 0 Å². The molecule has 1 aliphatic rings. The Hall–Kier alpha value is -1.78. The number of aromatic amines is 1. The molecule has 5 heteroatoms. The molecule has 1 fully saturated rings. The Morgan fingerprint density at radius 2 is 2.11 bits per heavy atom. The highest BCUT2D eigenvalue weighted by molar-refractivity contribution is 5.89. The molecule has 2 aromatic heterocycles. The number of aromatic nitrogens is 3. The van der Waals surface area contributed by atoms with Gasteiger partial charge in [-0.05, 0) is 32.3 Å². The lowest BCUT2D eigenvalue weighted by Crippen LogP contribution is -2.21. The Morgan fingerprint density at radius 3 is 2.84 bits per heavy atom. The van der Waals surface area contributed by atoms with Gasteiger partial charge in [-0.3, -0.25) is 0 Å². The summed E-state index contributed by atoms with van der Waals surface area (Å²) in [6.45, 7) is 7.29. The average molecular weight is 259 g/mol. The number of nitrogens with one attached hydrogen (secondary N) is 2. The predicted molar refractivity (Wildman–Crippen MR) is 78.9 cm³/mol. The van der Waals surface area contributed by atoms with Crippen LogP contribution in [-0.4, -0.2) is 34.6 Å². The van der Waals surface area contributed by atoms with Crippen LogP contribution in [-0.2, 0) is 0 Å². The standard InChI is InChI=1S/C14H21N5/c1-3-6-15-12-11-9-10(2)16-13(11)18-14(17-12)19-7-4-5-8-19/h9H,3-8H2,1-2H3,(H2,15,16,17,18). The first kappa shape index (κ1) is 12.3. The summed E-state index contributed by atoms with van der Waals surface area (Å²) in [6, 6.07) is 2.11. The zero-order chi connectivity index (χ0) is 13.2. The van der Waals surface area contributed by atoms with Gasteiger partial charge in [0.15, 0.2) is 0 Å². The number of H-pyrrole nitrogens is 1. The van der Waals surface area contributed by atoms with Crippen LogP contribution < -0.4 is 10.2 Å². The van der Waals surface area contributed by atoms with E-state index in [0.29, 0.717) is 0 Å². The van der Waals surface area contributed by atoms with E-state index in [1.54, 1.807) is 0 Å². The third-order valence-corrected chi connectivity index (χ3v) is 3.54. The van der Waals surface area contributed by atoms with Crippen molar-refractivity contribution in [2.45, 2.75) is 33.1 Å². The van der Waals surface area contributed by atoms with Crippen LogP contribution in [0.4, 0.5) is 11.8 Å². The van der Waals surface area contributed by atoms with Gasteiger partial charge in [0.05, 0.1) is 5.39 Å². The number of hydrogen-bond acceptors (Lipinski definition) is 4. The Bertz CT molecular complexity index is 568. The normalized spacial score (nSPS) is 15.4. The van der Waals surface area contributed by atoms with Crippen LogP contribution in [0.2, 0.25) is 0 Å². The van der Waals surface area contributed by atoms with E-state index in [1.807, 2.05) is 0 Å². The third-order valence-electron chi connectivity index (χ3n) is 3.54. The average Bonchev–Trinajstić information content (AvgIpc) is 3.03. The highest BCUT2D eigenvalue weighted by atomic mass is 15.3. The molecular weight excluding hydrogens is 238 g/mol. The van der Waals surface area contributed by atoms with Crippen LogP contribution in [0.1, 0.15) is 31.9 Å². The first-order valence-corrected chi connectivity index (χ1v) is 7.14. The molecule has 1 saturated heterocycles. The molecule has 5 nitrogen and oxygen atoms in total. The van der Waals surface area contributed by atoms with Gasteiger partial charge in [-0.15, -0.1) is 0 Å². The maximum atomic E-state index is 4.72. The maximum Gasteiger partial charge on any atom is 0.229 e. The molecule has 3 rings (SSSR count). The zero-order valence-corrected chi connectivity index (χ0v) is 11.7. The van der Waals surface area contributed by atoms with E-state index in [9.17, 15) is 0 Å². The maximum absolute atomic E-state index is 4.72. The molecule has 0 spiro atoms. The van der Waals surface area contributed by atoms with Crippen LogP contribution in [0.3, 0.4) is 0 Å². The molecule has 3 heterocycles. The third kappa shape index (κ3) is 2.37. The molecule has 0 aliphatic carbocycles. The number of rotatable bonds is 4. The summed E-state index contributed by atoms with van der Waals surface area (Å²) in [5.74, 6) is 1.81. The molecule has 0 unspecified atom stereocenters. The van der Waals surface area contributed by atoms with E-state index in [1.165, 1.54) is 12.8 Å². The Kier molecular flexibility index (Phi) is 3.27. The van der Waals surface area contributed by atoms with Gasteiger partial charge in [-0.2, -0.15) is 9.97 Å². The summed E-state index contributed by atoms with van der Waals surface area (Å²) in [4.78, 5) is 15.0. The second kappa shape index (κ2) is 5.07. The van der Waals surface area contributed by atoms with E-state index in [0.717, 1.165) is 54.5 Å². The fourth-order valence-electron chi connectivity index (χ4n) is 2.57. The first-order valence-electron chi connectivity index (χ1n) is 7.14. The van der Waals surface area contributed by atoms with E-state index >= 15 is 0 Å². The van der Waals surface area contributed by atoms with Crippen molar-refractivity contribution in [1.29, 1.82) is 0 Å². The van der Waals surface area contributed by atoms with Crippen LogP contribution in [0.15, 0.2) is 6.07 Å². The van der Waals surface area contributed by atoms with Crippen LogP contribution >= 0.6 is 0 Å². The lowest BCUT2D eigenvalue weighted by Gasteiger charge is -2.16. The smallest absolute Gasteiger partial charge is 0.229 e. The van der Waals surface area contributed by atoms with E-state index in [-0.39, 0.29) is 0 Å². The monoisotopic (exact) mass is 259 g/mol. The number of hydrogen-bond donors (Lipinski definition) is 2. The largest absolute Gasteiger partial charge is 0.369 e. The number of fused-ring (bicyclic) bond motifs is 1. The minimum Gasteiger partial charge on any atom is -0.369 e. The topological polar surface area (TPSA) is 56.8 Å². The summed E-state index contributed by atoms with van der Waals surface area (Å²) in [7, 11) is 0. The van der Waals surface area contributed by atoms with Crippen molar-refractivity contribution < 1.29 is 0 Å². The van der Waals surface area contributed by atoms with Gasteiger partial charge in [-0.25, -0.2) is 0 Å². The summed E-state index contributed by atoms with van der Waals surface area (Å²) in [5.41, 5.74) is 2.07. The molecule has 2 aromatic rings. The van der Waals surface area contributed by atoms with Gasteiger partial charge < -0.3 is 15.2 Å². The van der Waals surface area contributed by atoms with Crippen LogP contribution in [0, 0.1) is 6.92 Å². The Morgan fingerprint density at radius 1 is 1.32 bits per heavy atom. The summed E-state index contributed by atoms with van der Waals surface area (Å²) >= 11 is 0. The second-order valence-electron chi connectivity index (χ2n) is 5.21. The Labute approximate surface area is 113 Å². The molecule has 1 aliphatic heterocycles. The zero-order valence-electron chi connectivity index (χ0n) is 11.7. The quantitative estimate of drug-likeness (QED) is 0.886. The van der Waals surface area contributed by atoms with Crippen molar-refractivity contribution in [3.8, 4) is 0 Å². The van der Waals surface area contributed by atoms with E-state index in [2.05, 4.69) is 40.1 Å². The molecule has 19 heavy (non-hydrogen) atoms. The predicted octanol–water partition coefficient (Wildman–Crippen LogP) is 2.69. The van der Waals surface area contributed by atoms with E-state index < -0.39 is 0 Å². The number of anilines is 2. The van der Waals surface area contributed by atoms with Gasteiger partial charge in [0.1, 0.15) is 11.5 Å². The van der Waals surface area contributed by atoms with Crippen molar-refractivity contribution in [1.82, 2.24) is 15.0 Å². The summed E-state index contributed by atoms with van der Waals surface area (Å²) in [6.07, 6.45) is 3.57. The molecule has 0 saturated carbocycles. The lowest BCUT2D eigenvalue weighted by molar-refractivity contribution is 0.899. The fraction of sp³-hybridized carbons (Fsp3) is 0.571. The molecule has 0 bridgehead atoms. The van der Waals surface area contributed by atoms with Gasteiger partial charge in [0.2, 0.25) is 5.95 Å². The van der Waals surface area contributed by atoms with Gasteiger partial charge in [-0.1, -0.05) is 6.92 Å². The van der Waals surface area contributed by atoms with Crippen molar-refractivity contribution in [3.05, 3.63) is 11.8 Å². The molecular formula is C14H21N5. The fourth-order valence-corrected chi connectivity index (χ4v) is 2.57. The van der Waals surface area contributed by atoms with Crippen LogP contribution in [0.5, 0.6) is 0 Å². The van der Waals surface area contributed by atoms with Crippen molar-refractivity contribution in [3.63, 3.8) is 0 Å². The highest BCUT2D eigenvalue weighted by Gasteiger charge is 2.18. The summed E-state index contributed by atoms with van der Waals surface area (Å²) in [5, 5.41) is 4.51. The molecule has 0 atom stereocenters. The van der Waals surface area contributed by atoms with Crippen LogP contribution in [0.25, 0.3) is 11.0 Å². The molecule has 102 valence electrons. The van der Waals surface area contributed by atoms with Gasteiger partial charge in [0, 0.05) is 25.3 Å². The lowest BCUT2D eigenvalue weighted by atomic mass is 10.3.